The van der Waals surface area contributed by atoms with E-state index in [4.69, 9.17) is 9.47 Å². The van der Waals surface area contributed by atoms with E-state index in [9.17, 15) is 10.1 Å². The number of rotatable bonds is 5. The molecule has 21 heavy (non-hydrogen) atoms. The van der Waals surface area contributed by atoms with Crippen molar-refractivity contribution in [2.75, 3.05) is 50.2 Å². The van der Waals surface area contributed by atoms with Crippen LogP contribution in [0.25, 0.3) is 0 Å². The zero-order chi connectivity index (χ0) is 15.0. The predicted molar refractivity (Wildman–Crippen MR) is 74.7 cm³/mol. The van der Waals surface area contributed by atoms with Gasteiger partial charge in [-0.1, -0.05) is 0 Å². The molecule has 0 aromatic carbocycles. The number of nitro groups is 1. The fraction of sp³-hybridized carbons (Fsp3) is 0.667. The Morgan fingerprint density at radius 3 is 2.29 bits per heavy atom. The van der Waals surface area contributed by atoms with Crippen molar-refractivity contribution in [3.05, 3.63) is 16.3 Å². The summed E-state index contributed by atoms with van der Waals surface area (Å²) in [4.78, 5) is 22.9. The summed E-state index contributed by atoms with van der Waals surface area (Å²) in [6, 6.07) is 0. The minimum atomic E-state index is -0.451. The van der Waals surface area contributed by atoms with Crippen molar-refractivity contribution in [3.63, 3.8) is 0 Å². The monoisotopic (exact) mass is 295 g/mol. The molecule has 9 nitrogen and oxygen atoms in total. The third kappa shape index (κ3) is 2.49. The Morgan fingerprint density at radius 2 is 1.76 bits per heavy atom. The quantitative estimate of drug-likeness (QED) is 0.556. The van der Waals surface area contributed by atoms with Crippen LogP contribution in [0.5, 0.6) is 0 Å². The van der Waals surface area contributed by atoms with Crippen LogP contribution in [-0.4, -0.2) is 67.5 Å². The Kier molecular flexibility index (Phi) is 3.60. The van der Waals surface area contributed by atoms with Crippen LogP contribution in [0.1, 0.15) is 0 Å². The van der Waals surface area contributed by atoms with Crippen molar-refractivity contribution in [3.8, 4) is 0 Å². The predicted octanol–water partition coefficient (Wildman–Crippen LogP) is 0.0548. The summed E-state index contributed by atoms with van der Waals surface area (Å²) in [5, 5.41) is 11.1. The van der Waals surface area contributed by atoms with Crippen LogP contribution in [0.3, 0.4) is 0 Å². The number of aromatic nitrogens is 2. The summed E-state index contributed by atoms with van der Waals surface area (Å²) in [5.74, 6) is 0.865. The number of methoxy groups -OCH3 is 2. The van der Waals surface area contributed by atoms with Gasteiger partial charge < -0.3 is 19.3 Å². The van der Waals surface area contributed by atoms with Crippen molar-refractivity contribution >= 4 is 17.5 Å². The van der Waals surface area contributed by atoms with Crippen LogP contribution in [0.4, 0.5) is 17.5 Å². The Bertz CT molecular complexity index is 542. The molecule has 2 saturated heterocycles. The Morgan fingerprint density at radius 1 is 1.19 bits per heavy atom. The van der Waals surface area contributed by atoms with E-state index in [1.807, 2.05) is 9.80 Å². The topological polar surface area (TPSA) is 93.9 Å². The van der Waals surface area contributed by atoms with Gasteiger partial charge in [0.25, 0.3) is 0 Å². The zero-order valence-electron chi connectivity index (χ0n) is 11.9. The SMILES string of the molecule is COC1CN(c2ncc([N+](=O)[O-])c(N3CC(OC)C3)n2)C1. The lowest BCUT2D eigenvalue weighted by Gasteiger charge is -2.40. The summed E-state index contributed by atoms with van der Waals surface area (Å²) in [5.41, 5.74) is -0.0721. The molecular weight excluding hydrogens is 278 g/mol. The highest BCUT2D eigenvalue weighted by atomic mass is 16.6. The molecule has 1 aromatic heterocycles. The molecule has 2 aliphatic rings. The fourth-order valence-corrected chi connectivity index (χ4v) is 2.38. The van der Waals surface area contributed by atoms with E-state index in [0.29, 0.717) is 37.9 Å². The van der Waals surface area contributed by atoms with Gasteiger partial charge in [-0.25, -0.2) is 4.98 Å². The molecule has 0 unspecified atom stereocenters. The summed E-state index contributed by atoms with van der Waals surface area (Å²) < 4.78 is 10.4. The summed E-state index contributed by atoms with van der Waals surface area (Å²) in [7, 11) is 3.29. The molecule has 0 radical (unpaired) electrons. The van der Waals surface area contributed by atoms with Gasteiger partial charge in [0.1, 0.15) is 6.20 Å². The molecule has 0 amide bonds. The minimum absolute atomic E-state index is 0.0721. The van der Waals surface area contributed by atoms with E-state index in [1.165, 1.54) is 6.20 Å². The first kappa shape index (κ1) is 14.0. The average Bonchev–Trinajstić information content (AvgIpc) is 2.36. The average molecular weight is 295 g/mol. The van der Waals surface area contributed by atoms with Gasteiger partial charge in [-0.15, -0.1) is 0 Å². The van der Waals surface area contributed by atoms with Gasteiger partial charge in [0.2, 0.25) is 11.8 Å². The molecule has 2 fully saturated rings. The van der Waals surface area contributed by atoms with Crippen LogP contribution in [-0.2, 0) is 9.47 Å². The molecule has 0 atom stereocenters. The van der Waals surface area contributed by atoms with Gasteiger partial charge in [0.05, 0.1) is 17.1 Å². The van der Waals surface area contributed by atoms with Crippen LogP contribution in [0.2, 0.25) is 0 Å². The smallest absolute Gasteiger partial charge is 0.329 e. The second-order valence-corrected chi connectivity index (χ2v) is 5.16. The number of nitrogens with zero attached hydrogens (tertiary/aromatic N) is 5. The third-order valence-electron chi connectivity index (χ3n) is 3.88. The van der Waals surface area contributed by atoms with E-state index in [2.05, 4.69) is 9.97 Å². The van der Waals surface area contributed by atoms with Crippen molar-refractivity contribution in [1.29, 1.82) is 0 Å². The van der Waals surface area contributed by atoms with E-state index in [0.717, 1.165) is 0 Å². The highest BCUT2D eigenvalue weighted by Crippen LogP contribution is 2.31. The van der Waals surface area contributed by atoms with E-state index < -0.39 is 4.92 Å². The highest BCUT2D eigenvalue weighted by molar-refractivity contribution is 5.61. The molecule has 0 aliphatic carbocycles. The molecule has 0 N–H and O–H groups in total. The largest absolute Gasteiger partial charge is 0.378 e. The molecule has 3 rings (SSSR count). The summed E-state index contributed by atoms with van der Waals surface area (Å²) in [6.07, 6.45) is 1.55. The molecule has 2 aliphatic heterocycles. The Balaban J connectivity index is 1.80. The molecule has 0 saturated carbocycles. The normalized spacial score (nSPS) is 19.3. The molecule has 9 heteroatoms. The first-order chi connectivity index (χ1) is 10.1. The third-order valence-corrected chi connectivity index (χ3v) is 3.88. The van der Waals surface area contributed by atoms with Crippen molar-refractivity contribution < 1.29 is 14.4 Å². The lowest BCUT2D eigenvalue weighted by Crippen LogP contribution is -2.54. The maximum atomic E-state index is 11.1. The lowest BCUT2D eigenvalue weighted by atomic mass is 10.1. The highest BCUT2D eigenvalue weighted by Gasteiger charge is 2.35. The van der Waals surface area contributed by atoms with Gasteiger partial charge in [-0.3, -0.25) is 10.1 Å². The Hall–Kier alpha value is -2.00. The minimum Gasteiger partial charge on any atom is -0.378 e. The second-order valence-electron chi connectivity index (χ2n) is 5.16. The van der Waals surface area contributed by atoms with Gasteiger partial charge in [-0.05, 0) is 0 Å². The number of hydrogen-bond donors (Lipinski definition) is 0. The van der Waals surface area contributed by atoms with E-state index in [-0.39, 0.29) is 17.9 Å². The first-order valence-electron chi connectivity index (χ1n) is 6.69. The van der Waals surface area contributed by atoms with Gasteiger partial charge in [0.15, 0.2) is 0 Å². The maximum Gasteiger partial charge on any atom is 0.329 e. The van der Waals surface area contributed by atoms with Crippen LogP contribution >= 0.6 is 0 Å². The summed E-state index contributed by atoms with van der Waals surface area (Å²) in [6.45, 7) is 2.62. The van der Waals surface area contributed by atoms with Gasteiger partial charge >= 0.3 is 5.69 Å². The van der Waals surface area contributed by atoms with E-state index >= 15 is 0 Å². The molecule has 114 valence electrons. The number of hydrogen-bond acceptors (Lipinski definition) is 8. The molecule has 1 aromatic rings. The van der Waals surface area contributed by atoms with Gasteiger partial charge in [-0.2, -0.15) is 4.98 Å². The van der Waals surface area contributed by atoms with Crippen LogP contribution < -0.4 is 9.80 Å². The van der Waals surface area contributed by atoms with Crippen molar-refractivity contribution in [1.82, 2.24) is 9.97 Å². The second kappa shape index (κ2) is 5.41. The van der Waals surface area contributed by atoms with Crippen molar-refractivity contribution in [2.24, 2.45) is 0 Å². The number of ether oxygens (including phenoxy) is 2. The molecule has 0 spiro atoms. The number of anilines is 2. The molecular formula is C12H17N5O4. The zero-order valence-corrected chi connectivity index (χ0v) is 11.9. The first-order valence-corrected chi connectivity index (χ1v) is 6.69. The van der Waals surface area contributed by atoms with Crippen molar-refractivity contribution in [2.45, 2.75) is 12.2 Å². The molecule has 3 heterocycles. The maximum absolute atomic E-state index is 11.1. The standard InChI is InChI=1S/C12H17N5O4/c1-20-8-4-15(5-8)11-10(17(18)19)3-13-12(14-11)16-6-9(7-16)21-2/h3,8-9H,4-7H2,1-2H3. The fourth-order valence-electron chi connectivity index (χ4n) is 2.38. The molecule has 0 bridgehead atoms. The summed E-state index contributed by atoms with van der Waals surface area (Å²) >= 11 is 0. The lowest BCUT2D eigenvalue weighted by molar-refractivity contribution is -0.384. The van der Waals surface area contributed by atoms with Gasteiger partial charge in [0, 0.05) is 40.4 Å². The van der Waals surface area contributed by atoms with Crippen LogP contribution in [0, 0.1) is 10.1 Å². The van der Waals surface area contributed by atoms with E-state index in [1.54, 1.807) is 14.2 Å². The van der Waals surface area contributed by atoms with Crippen LogP contribution in [0.15, 0.2) is 6.20 Å². The Labute approximate surface area is 121 Å².